The molecule has 2 nitrogen and oxygen atoms in total. The Bertz CT molecular complexity index is 3700. The van der Waals surface area contributed by atoms with Crippen LogP contribution in [0.2, 0.25) is 0 Å². The first kappa shape index (κ1) is 35.9. The average Bonchev–Trinajstić information content (AvgIpc) is 3.89. The van der Waals surface area contributed by atoms with E-state index in [-0.39, 0.29) is 0 Å². The van der Waals surface area contributed by atoms with E-state index in [1.165, 1.54) is 143 Å². The van der Waals surface area contributed by atoms with Crippen molar-refractivity contribution in [1.82, 2.24) is 0 Å². The first-order valence-corrected chi connectivity index (χ1v) is 23.2. The normalized spacial score (nSPS) is 13.3. The maximum absolute atomic E-state index is 2.52. The molecule has 0 atom stereocenters. The Morgan fingerprint density at radius 3 is 0.879 bits per heavy atom. The van der Waals surface area contributed by atoms with Crippen LogP contribution in [0.4, 0.5) is 34.1 Å². The van der Waals surface area contributed by atoms with E-state index in [9.17, 15) is 0 Å². The third-order valence-corrected chi connectivity index (χ3v) is 14.9. The number of anilines is 6. The van der Waals surface area contributed by atoms with E-state index in [2.05, 4.69) is 228 Å². The number of fused-ring (bicyclic) bond motifs is 10. The number of hydrogen-bond acceptors (Lipinski definition) is 2. The lowest BCUT2D eigenvalue weighted by Gasteiger charge is -2.34. The van der Waals surface area contributed by atoms with Gasteiger partial charge in [-0.2, -0.15) is 0 Å². The minimum atomic E-state index is 0.927. The van der Waals surface area contributed by atoms with Gasteiger partial charge in [-0.3, -0.25) is 0 Å². The highest BCUT2D eigenvalue weighted by Crippen LogP contribution is 2.58. The zero-order valence-electron chi connectivity index (χ0n) is 36.1. The average molecular weight is 837 g/mol. The molecule has 0 N–H and O–H groups in total. The van der Waals surface area contributed by atoms with Crippen LogP contribution < -0.4 is 9.80 Å². The van der Waals surface area contributed by atoms with Gasteiger partial charge in [-0.05, 0) is 135 Å². The lowest BCUT2D eigenvalue weighted by Crippen LogP contribution is -2.18. The van der Waals surface area contributed by atoms with Crippen molar-refractivity contribution < 1.29 is 0 Å². The third-order valence-electron chi connectivity index (χ3n) is 14.9. The Morgan fingerprint density at radius 2 is 0.515 bits per heavy atom. The molecule has 0 aliphatic carbocycles. The fourth-order valence-electron chi connectivity index (χ4n) is 12.3. The van der Waals surface area contributed by atoms with Crippen molar-refractivity contribution in [3.63, 3.8) is 0 Å². The van der Waals surface area contributed by atoms with Crippen molar-refractivity contribution in [2.45, 2.75) is 12.8 Å². The molecule has 13 aromatic carbocycles. The molecule has 306 valence electrons. The predicted octanol–water partition coefficient (Wildman–Crippen LogP) is 17.6. The molecule has 0 radical (unpaired) electrons. The van der Waals surface area contributed by atoms with E-state index >= 15 is 0 Å². The van der Waals surface area contributed by atoms with Crippen LogP contribution >= 0.6 is 0 Å². The van der Waals surface area contributed by atoms with Crippen molar-refractivity contribution in [2.24, 2.45) is 0 Å². The van der Waals surface area contributed by atoms with Crippen LogP contribution in [0, 0.1) is 0 Å². The minimum absolute atomic E-state index is 0.927. The lowest BCUT2D eigenvalue weighted by molar-refractivity contribution is 1.09. The van der Waals surface area contributed by atoms with Crippen LogP contribution in [-0.4, -0.2) is 0 Å². The van der Waals surface area contributed by atoms with Crippen molar-refractivity contribution in [3.05, 3.63) is 241 Å². The second-order valence-corrected chi connectivity index (χ2v) is 18.2. The molecule has 2 aliphatic rings. The van der Waals surface area contributed by atoms with Gasteiger partial charge in [-0.15, -0.1) is 0 Å². The summed E-state index contributed by atoms with van der Waals surface area (Å²) >= 11 is 0. The lowest BCUT2D eigenvalue weighted by atomic mass is 9.87. The number of hydrogen-bond donors (Lipinski definition) is 0. The van der Waals surface area contributed by atoms with E-state index in [1.807, 2.05) is 0 Å². The summed E-state index contributed by atoms with van der Waals surface area (Å²) in [5.74, 6) is 0. The summed E-state index contributed by atoms with van der Waals surface area (Å²) in [6.07, 6.45) is 1.85. The topological polar surface area (TPSA) is 6.48 Å². The molecule has 15 rings (SSSR count). The van der Waals surface area contributed by atoms with E-state index in [0.717, 1.165) is 12.8 Å². The molecule has 13 aromatic rings. The molecule has 0 unspecified atom stereocenters. The Kier molecular flexibility index (Phi) is 7.37. The highest BCUT2D eigenvalue weighted by atomic mass is 15.2. The van der Waals surface area contributed by atoms with Gasteiger partial charge in [0.1, 0.15) is 0 Å². The van der Waals surface area contributed by atoms with Gasteiger partial charge in [0.05, 0.1) is 11.4 Å². The van der Waals surface area contributed by atoms with Gasteiger partial charge < -0.3 is 9.80 Å². The molecule has 0 saturated heterocycles. The first-order valence-electron chi connectivity index (χ1n) is 23.2. The molecule has 0 aromatic heterocycles. The van der Waals surface area contributed by atoms with Gasteiger partial charge >= 0.3 is 0 Å². The van der Waals surface area contributed by atoms with Crippen LogP contribution in [0.3, 0.4) is 0 Å². The van der Waals surface area contributed by atoms with Gasteiger partial charge in [0.25, 0.3) is 0 Å². The minimum Gasteiger partial charge on any atom is -0.309 e. The number of nitrogens with zero attached hydrogens (tertiary/aromatic N) is 2. The molecule has 0 saturated carbocycles. The Morgan fingerprint density at radius 1 is 0.212 bits per heavy atom. The van der Waals surface area contributed by atoms with Crippen molar-refractivity contribution >= 4 is 98.8 Å². The Hall–Kier alpha value is -8.46. The van der Waals surface area contributed by atoms with Gasteiger partial charge in [-0.25, -0.2) is 0 Å². The van der Waals surface area contributed by atoms with Crippen LogP contribution in [-0.2, 0) is 12.8 Å². The second-order valence-electron chi connectivity index (χ2n) is 18.2. The zero-order valence-corrected chi connectivity index (χ0v) is 36.1. The highest BCUT2D eigenvalue weighted by Gasteiger charge is 2.32. The van der Waals surface area contributed by atoms with E-state index in [0.29, 0.717) is 0 Å². The fraction of sp³-hybridized carbons (Fsp3) is 0.0312. The van der Waals surface area contributed by atoms with E-state index in [4.69, 9.17) is 0 Å². The molecular formula is C64H40N2. The monoisotopic (exact) mass is 836 g/mol. The largest absolute Gasteiger partial charge is 0.309 e. The SMILES string of the molecule is c1ccc(-c2c3c4cccc5c(N6c7ccccc7Cc7ccccc76)ccc(c3c(-c3ccccc3)c3c6cccc7c(N8c9ccccc9Cc9ccccc98)ccc(c23)c76)c54)cc1. The van der Waals surface area contributed by atoms with Crippen LogP contribution in [0.25, 0.3) is 86.9 Å². The third kappa shape index (κ3) is 4.80. The Balaban J connectivity index is 1.11. The summed E-state index contributed by atoms with van der Waals surface area (Å²) in [5, 5.41) is 15.6. The second kappa shape index (κ2) is 13.5. The molecule has 0 bridgehead atoms. The molecular weight excluding hydrogens is 797 g/mol. The quantitative estimate of drug-likeness (QED) is 0.174. The standard InChI is InChI=1S/C64H40N2/c1-3-17-39(18-4-1)57-61-47-27-15-25-45-56(66-53-31-13-9-23-43(53)38-44-24-10-14-32-54(44)66)36-34-50(59(45)47)64(61)58(40-19-5-2-6-20-40)62-48-28-16-26-46-55(35-33-49(60(46)48)63(57)62)65-51-29-11-7-21-41(51)37-42-22-8-12-30-52(42)65/h1-36H,37-38H2. The van der Waals surface area contributed by atoms with Crippen molar-refractivity contribution in [1.29, 1.82) is 0 Å². The fourth-order valence-corrected chi connectivity index (χ4v) is 12.3. The van der Waals surface area contributed by atoms with Crippen molar-refractivity contribution in [2.75, 3.05) is 9.80 Å². The van der Waals surface area contributed by atoms with Crippen LogP contribution in [0.15, 0.2) is 218 Å². The maximum atomic E-state index is 2.52. The maximum Gasteiger partial charge on any atom is 0.0540 e. The summed E-state index contributed by atoms with van der Waals surface area (Å²) in [5.41, 5.74) is 17.9. The zero-order chi connectivity index (χ0) is 43.0. The predicted molar refractivity (Wildman–Crippen MR) is 280 cm³/mol. The number of rotatable bonds is 4. The van der Waals surface area contributed by atoms with E-state index < -0.39 is 0 Å². The van der Waals surface area contributed by atoms with Gasteiger partial charge in [0.15, 0.2) is 0 Å². The number of para-hydroxylation sites is 4. The van der Waals surface area contributed by atoms with Gasteiger partial charge in [0.2, 0.25) is 0 Å². The number of benzene rings is 11. The molecule has 2 heteroatoms. The summed E-state index contributed by atoms with van der Waals surface area (Å²) in [6, 6.07) is 81.9. The van der Waals surface area contributed by atoms with Gasteiger partial charge in [-0.1, -0.05) is 182 Å². The van der Waals surface area contributed by atoms with Crippen LogP contribution in [0.1, 0.15) is 22.3 Å². The molecule has 0 amide bonds. The molecule has 66 heavy (non-hydrogen) atoms. The molecule has 2 aliphatic heterocycles. The summed E-state index contributed by atoms with van der Waals surface area (Å²) < 4.78 is 0. The first-order chi connectivity index (χ1) is 32.8. The summed E-state index contributed by atoms with van der Waals surface area (Å²) in [7, 11) is 0. The van der Waals surface area contributed by atoms with E-state index in [1.54, 1.807) is 0 Å². The van der Waals surface area contributed by atoms with Crippen LogP contribution in [0.5, 0.6) is 0 Å². The molecule has 2 heterocycles. The Labute approximate surface area is 382 Å². The molecule has 0 spiro atoms. The highest BCUT2D eigenvalue weighted by molar-refractivity contribution is 6.47. The smallest absolute Gasteiger partial charge is 0.0540 e. The van der Waals surface area contributed by atoms with Gasteiger partial charge in [0, 0.05) is 46.4 Å². The summed E-state index contributed by atoms with van der Waals surface area (Å²) in [6.45, 7) is 0. The summed E-state index contributed by atoms with van der Waals surface area (Å²) in [4.78, 5) is 5.04. The molecule has 0 fully saturated rings. The van der Waals surface area contributed by atoms with Crippen molar-refractivity contribution in [3.8, 4) is 22.3 Å².